The Hall–Kier alpha value is -2.42. The van der Waals surface area contributed by atoms with Gasteiger partial charge in [0, 0.05) is 18.0 Å². The second-order valence-electron chi connectivity index (χ2n) is 5.65. The summed E-state index contributed by atoms with van der Waals surface area (Å²) in [4.78, 5) is 22.4. The Morgan fingerprint density at radius 1 is 1.15 bits per heavy atom. The average molecular weight is 414 g/mol. The zero-order valence-corrected chi connectivity index (χ0v) is 17.0. The third-order valence-electron chi connectivity index (χ3n) is 3.70. The van der Waals surface area contributed by atoms with Gasteiger partial charge >= 0.3 is 0 Å². The molecule has 0 fully saturated rings. The van der Waals surface area contributed by atoms with E-state index < -0.39 is 0 Å². The first kappa shape index (κ1) is 18.0. The third-order valence-corrected chi connectivity index (χ3v) is 6.77. The summed E-state index contributed by atoms with van der Waals surface area (Å²) in [6, 6.07) is 14.0. The maximum atomic E-state index is 11.2. The highest BCUT2D eigenvalue weighted by Crippen LogP contribution is 2.37. The van der Waals surface area contributed by atoms with Crippen LogP contribution in [0.4, 0.5) is 5.13 Å². The van der Waals surface area contributed by atoms with Crippen molar-refractivity contribution < 1.29 is 9.53 Å². The number of thiazole rings is 2. The molecule has 0 atom stereocenters. The highest BCUT2D eigenvalue weighted by molar-refractivity contribution is 8.01. The van der Waals surface area contributed by atoms with Crippen molar-refractivity contribution in [1.82, 2.24) is 9.97 Å². The molecule has 1 N–H and O–H groups in total. The number of methoxy groups -OCH3 is 1. The summed E-state index contributed by atoms with van der Waals surface area (Å²) < 4.78 is 7.21. The Morgan fingerprint density at radius 3 is 2.70 bits per heavy atom. The largest absolute Gasteiger partial charge is 0.497 e. The molecule has 4 rings (SSSR count). The number of hydrogen-bond donors (Lipinski definition) is 1. The van der Waals surface area contributed by atoms with Gasteiger partial charge in [0.2, 0.25) is 5.91 Å². The van der Waals surface area contributed by atoms with Gasteiger partial charge in [-0.2, -0.15) is 0 Å². The first-order valence-electron chi connectivity index (χ1n) is 8.07. The van der Waals surface area contributed by atoms with Crippen LogP contribution in [0, 0.1) is 0 Å². The maximum Gasteiger partial charge on any atom is 0.223 e. The number of carbonyl (C=O) groups excluding carboxylic acids is 1. The van der Waals surface area contributed by atoms with Crippen molar-refractivity contribution in [2.24, 2.45) is 0 Å². The lowest BCUT2D eigenvalue weighted by Crippen LogP contribution is -2.04. The van der Waals surface area contributed by atoms with Crippen molar-refractivity contribution in [3.05, 3.63) is 48.7 Å². The van der Waals surface area contributed by atoms with Gasteiger partial charge in [-0.3, -0.25) is 4.79 Å². The monoisotopic (exact) mass is 413 g/mol. The fraction of sp³-hybridized carbons (Fsp3) is 0.105. The molecule has 1 amide bonds. The average Bonchev–Trinajstić information content (AvgIpc) is 3.27. The van der Waals surface area contributed by atoms with Gasteiger partial charge in [-0.15, -0.1) is 11.3 Å². The van der Waals surface area contributed by atoms with E-state index in [1.807, 2.05) is 42.6 Å². The quantitative estimate of drug-likeness (QED) is 0.465. The van der Waals surface area contributed by atoms with Crippen molar-refractivity contribution in [2.75, 3.05) is 12.4 Å². The van der Waals surface area contributed by atoms with Gasteiger partial charge in [0.05, 0.1) is 22.2 Å². The molecule has 2 aromatic carbocycles. The standard InChI is InChI=1S/C19H15N3O2S3/c1-11(23)21-18-22-15-8-3-12(9-16(15)26-18)17-10-20-19(27-17)25-14-6-4-13(24-2)5-7-14/h3-10H,1-2H3,(H,21,22,23). The lowest BCUT2D eigenvalue weighted by Gasteiger charge is -2.00. The van der Waals surface area contributed by atoms with E-state index in [9.17, 15) is 4.79 Å². The third kappa shape index (κ3) is 4.13. The summed E-state index contributed by atoms with van der Waals surface area (Å²) in [5.41, 5.74) is 1.98. The predicted molar refractivity (Wildman–Crippen MR) is 112 cm³/mol. The normalized spacial score (nSPS) is 10.9. The minimum absolute atomic E-state index is 0.114. The molecule has 0 radical (unpaired) electrons. The molecule has 0 bridgehead atoms. The van der Waals surface area contributed by atoms with Crippen molar-refractivity contribution in [2.45, 2.75) is 16.2 Å². The SMILES string of the molecule is COc1ccc(Sc2ncc(-c3ccc4nc(NC(C)=O)sc4c3)s2)cc1. The molecule has 0 aliphatic rings. The van der Waals surface area contributed by atoms with Gasteiger partial charge in [-0.25, -0.2) is 9.97 Å². The van der Waals surface area contributed by atoms with E-state index in [-0.39, 0.29) is 5.91 Å². The Morgan fingerprint density at radius 2 is 1.96 bits per heavy atom. The first-order chi connectivity index (χ1) is 13.1. The number of aromatic nitrogens is 2. The van der Waals surface area contributed by atoms with E-state index >= 15 is 0 Å². The number of rotatable bonds is 5. The van der Waals surface area contributed by atoms with E-state index in [0.717, 1.165) is 35.6 Å². The Labute approximate surface area is 168 Å². The smallest absolute Gasteiger partial charge is 0.223 e. The topological polar surface area (TPSA) is 64.1 Å². The molecular formula is C19H15N3O2S3. The van der Waals surface area contributed by atoms with Crippen molar-refractivity contribution in [1.29, 1.82) is 0 Å². The number of anilines is 1. The summed E-state index contributed by atoms with van der Waals surface area (Å²) >= 11 is 4.75. The van der Waals surface area contributed by atoms with Crippen LogP contribution in [0.1, 0.15) is 6.92 Å². The molecule has 27 heavy (non-hydrogen) atoms. The molecule has 0 unspecified atom stereocenters. The number of nitrogens with zero attached hydrogens (tertiary/aromatic N) is 2. The number of carbonyl (C=O) groups is 1. The van der Waals surface area contributed by atoms with Crippen LogP contribution in [-0.2, 0) is 4.79 Å². The Kier molecular flexibility index (Phi) is 5.11. The number of benzene rings is 2. The number of ether oxygens (including phenoxy) is 1. The second kappa shape index (κ2) is 7.67. The molecule has 2 aromatic heterocycles. The molecule has 4 aromatic rings. The number of hydrogen-bond acceptors (Lipinski definition) is 7. The maximum absolute atomic E-state index is 11.2. The second-order valence-corrected chi connectivity index (χ2v) is 9.03. The van der Waals surface area contributed by atoms with Gasteiger partial charge in [0.15, 0.2) is 9.47 Å². The molecule has 0 saturated carbocycles. The lowest BCUT2D eigenvalue weighted by atomic mass is 10.2. The van der Waals surface area contributed by atoms with E-state index in [1.165, 1.54) is 18.3 Å². The summed E-state index contributed by atoms with van der Waals surface area (Å²) in [5.74, 6) is 0.729. The van der Waals surface area contributed by atoms with Gasteiger partial charge in [0.1, 0.15) is 5.75 Å². The van der Waals surface area contributed by atoms with Crippen molar-refractivity contribution in [3.63, 3.8) is 0 Å². The van der Waals surface area contributed by atoms with E-state index in [1.54, 1.807) is 30.2 Å². The van der Waals surface area contributed by atoms with Gasteiger partial charge in [-0.1, -0.05) is 29.2 Å². The van der Waals surface area contributed by atoms with E-state index in [4.69, 9.17) is 4.74 Å². The number of fused-ring (bicyclic) bond motifs is 1. The molecule has 136 valence electrons. The van der Waals surface area contributed by atoms with Gasteiger partial charge in [0.25, 0.3) is 0 Å². The van der Waals surface area contributed by atoms with Gasteiger partial charge in [-0.05, 0) is 42.0 Å². The molecule has 8 heteroatoms. The summed E-state index contributed by atoms with van der Waals surface area (Å²) in [5, 5.41) is 3.36. The number of nitrogens with one attached hydrogen (secondary N) is 1. The van der Waals surface area contributed by atoms with Crippen LogP contribution >= 0.6 is 34.4 Å². The zero-order valence-electron chi connectivity index (χ0n) is 14.6. The van der Waals surface area contributed by atoms with Crippen LogP contribution < -0.4 is 10.1 Å². The zero-order chi connectivity index (χ0) is 18.8. The summed E-state index contributed by atoms with van der Waals surface area (Å²) in [7, 11) is 1.66. The van der Waals surface area contributed by atoms with Crippen molar-refractivity contribution >= 4 is 55.7 Å². The van der Waals surface area contributed by atoms with Crippen LogP contribution in [0.15, 0.2) is 57.9 Å². The summed E-state index contributed by atoms with van der Waals surface area (Å²) in [6.45, 7) is 1.48. The number of amides is 1. The minimum Gasteiger partial charge on any atom is -0.497 e. The van der Waals surface area contributed by atoms with Crippen LogP contribution in [0.2, 0.25) is 0 Å². The van der Waals surface area contributed by atoms with Crippen molar-refractivity contribution in [3.8, 4) is 16.2 Å². The van der Waals surface area contributed by atoms with E-state index in [2.05, 4.69) is 21.4 Å². The molecule has 0 aliphatic heterocycles. The highest BCUT2D eigenvalue weighted by atomic mass is 32.2. The first-order valence-corrected chi connectivity index (χ1v) is 10.5. The molecule has 0 saturated heterocycles. The minimum atomic E-state index is -0.114. The molecule has 2 heterocycles. The predicted octanol–water partition coefficient (Wildman–Crippen LogP) is 5.54. The fourth-order valence-corrected chi connectivity index (χ4v) is 5.36. The van der Waals surface area contributed by atoms with Crippen LogP contribution in [0.3, 0.4) is 0 Å². The summed E-state index contributed by atoms with van der Waals surface area (Å²) in [6.07, 6.45) is 1.90. The van der Waals surface area contributed by atoms with Gasteiger partial charge < -0.3 is 10.1 Å². The van der Waals surface area contributed by atoms with Crippen LogP contribution in [-0.4, -0.2) is 23.0 Å². The van der Waals surface area contributed by atoms with E-state index in [0.29, 0.717) is 5.13 Å². The lowest BCUT2D eigenvalue weighted by molar-refractivity contribution is -0.114. The molecule has 0 spiro atoms. The Bertz CT molecular complexity index is 1100. The molecular weight excluding hydrogens is 398 g/mol. The fourth-order valence-electron chi connectivity index (χ4n) is 2.47. The highest BCUT2D eigenvalue weighted by Gasteiger charge is 2.10. The molecule has 5 nitrogen and oxygen atoms in total. The Balaban J connectivity index is 1.55. The molecule has 0 aliphatic carbocycles. The van der Waals surface area contributed by atoms with Crippen LogP contribution in [0.25, 0.3) is 20.7 Å². The van der Waals surface area contributed by atoms with Crippen LogP contribution in [0.5, 0.6) is 5.75 Å².